The lowest BCUT2D eigenvalue weighted by Gasteiger charge is -2.28. The molecule has 4 rings (SSSR count). The molecule has 6 nitrogen and oxygen atoms in total. The minimum Gasteiger partial charge on any atom is -0.480 e. The van der Waals surface area contributed by atoms with Crippen LogP contribution in [0.5, 0.6) is 0 Å². The van der Waals surface area contributed by atoms with E-state index in [0.717, 1.165) is 48.4 Å². The van der Waals surface area contributed by atoms with Gasteiger partial charge in [0.25, 0.3) is 5.91 Å². The number of nitrogens with zero attached hydrogens (tertiary/aromatic N) is 1. The third kappa shape index (κ3) is 12.8. The van der Waals surface area contributed by atoms with Crippen LogP contribution in [0.2, 0.25) is 0 Å². The summed E-state index contributed by atoms with van der Waals surface area (Å²) in [5.74, 6) is -0.685. The predicted octanol–water partition coefficient (Wildman–Crippen LogP) is 8.22. The minimum absolute atomic E-state index is 0.347. The van der Waals surface area contributed by atoms with Gasteiger partial charge >= 0.3 is 5.97 Å². The first-order valence-electron chi connectivity index (χ1n) is 16.4. The summed E-state index contributed by atoms with van der Waals surface area (Å²) in [4.78, 5) is 27.8. The summed E-state index contributed by atoms with van der Waals surface area (Å²) < 4.78 is 6.42. The average Bonchev–Trinajstić information content (AvgIpc) is 3.45. The second kappa shape index (κ2) is 22.0. The fraction of sp³-hybridized carbons (Fsp3) is 0.611. The SMILES string of the molecule is CCC.CS.CSCCC(NC(=O)c1ccc(CN2C[C@@H](SC)CC2COC2CCCCC2)cc1-c1ccccc1C)C(=O)O. The van der Waals surface area contributed by atoms with Crippen molar-refractivity contribution >= 4 is 48.0 Å². The van der Waals surface area contributed by atoms with E-state index in [4.69, 9.17) is 4.74 Å². The monoisotopic (exact) mass is 676 g/mol. The van der Waals surface area contributed by atoms with E-state index in [9.17, 15) is 14.7 Å². The molecule has 2 fully saturated rings. The highest BCUT2D eigenvalue weighted by Crippen LogP contribution is 2.32. The van der Waals surface area contributed by atoms with Crippen LogP contribution >= 0.6 is 36.2 Å². The van der Waals surface area contributed by atoms with Crippen molar-refractivity contribution in [2.24, 2.45) is 0 Å². The van der Waals surface area contributed by atoms with Gasteiger partial charge in [0.05, 0.1) is 12.7 Å². The largest absolute Gasteiger partial charge is 0.480 e. The van der Waals surface area contributed by atoms with Gasteiger partial charge in [0.15, 0.2) is 0 Å². The van der Waals surface area contributed by atoms with Gasteiger partial charge in [-0.1, -0.05) is 69.9 Å². The molecule has 2 unspecified atom stereocenters. The maximum Gasteiger partial charge on any atom is 0.326 e. The number of carbonyl (C=O) groups excluding carboxylic acids is 1. The number of amides is 1. The van der Waals surface area contributed by atoms with Crippen molar-refractivity contribution in [3.05, 3.63) is 59.2 Å². The molecule has 1 heterocycles. The van der Waals surface area contributed by atoms with Gasteiger partial charge in [0, 0.05) is 29.9 Å². The summed E-state index contributed by atoms with van der Waals surface area (Å²) in [5, 5.41) is 13.1. The zero-order valence-electron chi connectivity index (χ0n) is 28.2. The summed E-state index contributed by atoms with van der Waals surface area (Å²) in [7, 11) is 0. The number of benzene rings is 2. The Labute approximate surface area is 286 Å². The lowest BCUT2D eigenvalue weighted by molar-refractivity contribution is -0.139. The fourth-order valence-electron chi connectivity index (χ4n) is 5.90. The number of likely N-dealkylation sites (tertiary alicyclic amines) is 1. The molecule has 2 N–H and O–H groups in total. The fourth-order valence-corrected chi connectivity index (χ4v) is 7.13. The highest BCUT2D eigenvalue weighted by Gasteiger charge is 2.33. The summed E-state index contributed by atoms with van der Waals surface area (Å²) in [6, 6.07) is 13.6. The van der Waals surface area contributed by atoms with Crippen molar-refractivity contribution in [2.45, 2.75) is 102 Å². The van der Waals surface area contributed by atoms with Crippen LogP contribution in [0.3, 0.4) is 0 Å². The van der Waals surface area contributed by atoms with E-state index < -0.39 is 12.0 Å². The Kier molecular flexibility index (Phi) is 19.3. The van der Waals surface area contributed by atoms with Crippen LogP contribution < -0.4 is 5.32 Å². The van der Waals surface area contributed by atoms with Gasteiger partial charge in [-0.3, -0.25) is 9.69 Å². The van der Waals surface area contributed by atoms with Gasteiger partial charge in [-0.05, 0) is 91.5 Å². The molecule has 252 valence electrons. The van der Waals surface area contributed by atoms with E-state index in [0.29, 0.717) is 35.1 Å². The van der Waals surface area contributed by atoms with Crippen LogP contribution in [0, 0.1) is 6.92 Å². The third-order valence-corrected chi connectivity index (χ3v) is 9.92. The molecule has 0 bridgehead atoms. The zero-order valence-corrected chi connectivity index (χ0v) is 30.7. The Bertz CT molecular complexity index is 1160. The van der Waals surface area contributed by atoms with Crippen molar-refractivity contribution in [3.8, 4) is 11.1 Å². The van der Waals surface area contributed by atoms with E-state index in [1.807, 2.05) is 61.3 Å². The number of carboxylic acid groups (broad SMARTS) is 1. The summed E-state index contributed by atoms with van der Waals surface area (Å²) in [5.41, 5.74) is 4.57. The number of aliphatic carboxylic acids is 1. The van der Waals surface area contributed by atoms with Gasteiger partial charge in [0.2, 0.25) is 0 Å². The number of rotatable bonds is 13. The molecule has 0 aromatic heterocycles. The molecule has 3 atom stereocenters. The predicted molar refractivity (Wildman–Crippen MR) is 198 cm³/mol. The van der Waals surface area contributed by atoms with Gasteiger partial charge in [-0.25, -0.2) is 4.79 Å². The van der Waals surface area contributed by atoms with Gasteiger partial charge < -0.3 is 15.2 Å². The van der Waals surface area contributed by atoms with Crippen LogP contribution in [0.4, 0.5) is 0 Å². The van der Waals surface area contributed by atoms with Crippen LogP contribution in [-0.4, -0.2) is 83.0 Å². The molecule has 2 aromatic rings. The number of ether oxygens (including phenoxy) is 1. The summed E-state index contributed by atoms with van der Waals surface area (Å²) >= 11 is 7.03. The number of carboxylic acids is 1. The van der Waals surface area contributed by atoms with Gasteiger partial charge in [0.1, 0.15) is 6.04 Å². The maximum absolute atomic E-state index is 13.4. The first-order chi connectivity index (χ1) is 21.8. The van der Waals surface area contributed by atoms with Crippen LogP contribution in [0.1, 0.15) is 86.7 Å². The Morgan fingerprint density at radius 3 is 2.38 bits per heavy atom. The van der Waals surface area contributed by atoms with E-state index in [2.05, 4.69) is 49.0 Å². The van der Waals surface area contributed by atoms with E-state index >= 15 is 0 Å². The molecule has 2 aliphatic rings. The summed E-state index contributed by atoms with van der Waals surface area (Å²) in [6.45, 7) is 8.89. The van der Waals surface area contributed by atoms with Crippen LogP contribution in [0.15, 0.2) is 42.5 Å². The lowest BCUT2D eigenvalue weighted by atomic mass is 9.93. The first-order valence-corrected chi connectivity index (χ1v) is 19.9. The number of nitrogens with one attached hydrogen (secondary N) is 1. The Hall–Kier alpha value is -1.65. The second-order valence-electron chi connectivity index (χ2n) is 11.8. The molecule has 1 aliphatic carbocycles. The standard InChI is InChI=1S/C32H44N2O4S2.C3H8.CH4S/c1-22-9-7-8-12-27(22)29-17-23(13-14-28(29)31(35)33-30(32(36)37)15-16-39-2)19-34-20-26(40-3)18-24(34)21-38-25-10-5-4-6-11-25;1-3-2;1-2/h7-9,12-14,17,24-26,30H,4-6,10-11,15-16,18-21H2,1-3H3,(H,33,35)(H,36,37);3H2,1-2H3;2H,1H3/t24?,26-,30?;;/m0../s1. The number of hydrogen-bond acceptors (Lipinski definition) is 7. The molecule has 2 aromatic carbocycles. The van der Waals surface area contributed by atoms with E-state index in [-0.39, 0.29) is 5.91 Å². The number of thioether (sulfide) groups is 2. The Morgan fingerprint density at radius 2 is 1.76 bits per heavy atom. The van der Waals surface area contributed by atoms with Gasteiger partial charge in [-0.2, -0.15) is 36.2 Å². The molecule has 1 saturated carbocycles. The van der Waals surface area contributed by atoms with Crippen molar-refractivity contribution < 1.29 is 19.4 Å². The molecule has 0 spiro atoms. The normalized spacial score (nSPS) is 19.1. The molecule has 1 aliphatic heterocycles. The lowest BCUT2D eigenvalue weighted by Crippen LogP contribution is -2.41. The molecule has 0 radical (unpaired) electrons. The zero-order chi connectivity index (χ0) is 33.2. The number of hydrogen-bond donors (Lipinski definition) is 3. The maximum atomic E-state index is 13.4. The first kappa shape index (κ1) is 39.5. The topological polar surface area (TPSA) is 78.9 Å². The molecule has 9 heteroatoms. The number of thiol groups is 1. The van der Waals surface area contributed by atoms with Crippen LogP contribution in [-0.2, 0) is 16.1 Å². The Morgan fingerprint density at radius 1 is 1.07 bits per heavy atom. The smallest absolute Gasteiger partial charge is 0.326 e. The molecular weight excluding hydrogens is 621 g/mol. The third-order valence-electron chi connectivity index (χ3n) is 8.26. The van der Waals surface area contributed by atoms with Crippen molar-refractivity contribution in [1.29, 1.82) is 0 Å². The van der Waals surface area contributed by atoms with Crippen molar-refractivity contribution in [1.82, 2.24) is 10.2 Å². The number of carbonyl (C=O) groups is 2. The second-order valence-corrected chi connectivity index (χ2v) is 13.9. The quantitative estimate of drug-likeness (QED) is 0.185. The van der Waals surface area contributed by atoms with E-state index in [1.165, 1.54) is 38.5 Å². The van der Waals surface area contributed by atoms with Crippen LogP contribution in [0.25, 0.3) is 11.1 Å². The highest BCUT2D eigenvalue weighted by atomic mass is 32.2. The van der Waals surface area contributed by atoms with Gasteiger partial charge in [-0.15, -0.1) is 0 Å². The molecule has 45 heavy (non-hydrogen) atoms. The molecular formula is C36H56N2O4S3. The van der Waals surface area contributed by atoms with Crippen molar-refractivity contribution in [2.75, 3.05) is 37.7 Å². The van der Waals surface area contributed by atoms with E-state index in [1.54, 1.807) is 18.0 Å². The van der Waals surface area contributed by atoms with Crippen molar-refractivity contribution in [3.63, 3.8) is 0 Å². The minimum atomic E-state index is -1.00. The summed E-state index contributed by atoms with van der Waals surface area (Å²) in [6.07, 6.45) is 15.2. The average molecular weight is 677 g/mol. The molecule has 1 amide bonds. The Balaban J connectivity index is 0.00000133. The number of aryl methyl sites for hydroxylation is 1. The molecule has 1 saturated heterocycles. The highest BCUT2D eigenvalue weighted by molar-refractivity contribution is 7.99.